The molecule has 0 unspecified atom stereocenters. The first-order chi connectivity index (χ1) is 19.6. The molecule has 1 aliphatic heterocycles. The molecule has 0 aliphatic carbocycles. The Morgan fingerprint density at radius 2 is 1.57 bits per heavy atom. The number of methoxy groups -OCH3 is 1. The summed E-state index contributed by atoms with van der Waals surface area (Å²) in [4.78, 5) is 26.2. The predicted octanol–water partition coefficient (Wildman–Crippen LogP) is 4.96. The highest BCUT2D eigenvalue weighted by molar-refractivity contribution is 6.02. The van der Waals surface area contributed by atoms with Gasteiger partial charge in [0, 0.05) is 43.6 Å². The number of fused-ring (bicyclic) bond motifs is 1. The molecule has 1 fully saturated rings. The molecule has 202 valence electrons. The molecule has 9 heteroatoms. The highest BCUT2D eigenvalue weighted by atomic mass is 19.1. The van der Waals surface area contributed by atoms with E-state index in [1.807, 2.05) is 33.9 Å². The molecular weight excluding hydrogens is 509 g/mol. The van der Waals surface area contributed by atoms with Crippen LogP contribution in [-0.4, -0.2) is 65.2 Å². The molecule has 1 saturated heterocycles. The highest BCUT2D eigenvalue weighted by Gasteiger charge is 2.26. The fraction of sp³-hybridized carbons (Fsp3) is 0.194. The van der Waals surface area contributed by atoms with Crippen LogP contribution < -0.4 is 14.4 Å². The smallest absolute Gasteiger partial charge is 0.260 e. The summed E-state index contributed by atoms with van der Waals surface area (Å²) < 4.78 is 26.5. The van der Waals surface area contributed by atoms with Crippen LogP contribution >= 0.6 is 0 Å². The molecule has 0 atom stereocenters. The van der Waals surface area contributed by atoms with Crippen molar-refractivity contribution < 1.29 is 18.7 Å². The minimum absolute atomic E-state index is 0.0250. The van der Waals surface area contributed by atoms with Gasteiger partial charge < -0.3 is 23.8 Å². The quantitative estimate of drug-likeness (QED) is 0.292. The van der Waals surface area contributed by atoms with E-state index in [1.54, 1.807) is 49.8 Å². The third kappa shape index (κ3) is 5.05. The first-order valence-electron chi connectivity index (χ1n) is 13.1. The molecule has 1 aliphatic rings. The molecule has 2 aromatic heterocycles. The van der Waals surface area contributed by atoms with Gasteiger partial charge in [0.15, 0.2) is 12.3 Å². The van der Waals surface area contributed by atoms with Crippen LogP contribution in [0.25, 0.3) is 27.8 Å². The SMILES string of the molecule is COc1ccc(OCC(=O)N2CCN(c3ncnc4c3c(-c3ccccc3)cn4-c3ccc(F)cc3)CC2)cc1. The number of hydrogen-bond donors (Lipinski definition) is 0. The van der Waals surface area contributed by atoms with E-state index in [1.165, 1.54) is 12.1 Å². The van der Waals surface area contributed by atoms with Crippen LogP contribution in [-0.2, 0) is 4.79 Å². The summed E-state index contributed by atoms with van der Waals surface area (Å²) in [6.45, 7) is 2.32. The van der Waals surface area contributed by atoms with Crippen molar-refractivity contribution in [3.63, 3.8) is 0 Å². The van der Waals surface area contributed by atoms with E-state index in [-0.39, 0.29) is 18.3 Å². The predicted molar refractivity (Wildman–Crippen MR) is 152 cm³/mol. The third-order valence-electron chi connectivity index (χ3n) is 7.11. The molecule has 0 saturated carbocycles. The number of carbonyl (C=O) groups excluding carboxylic acids is 1. The molecule has 3 aromatic carbocycles. The monoisotopic (exact) mass is 537 g/mol. The fourth-order valence-electron chi connectivity index (χ4n) is 5.00. The molecule has 1 amide bonds. The zero-order valence-electron chi connectivity index (χ0n) is 22.0. The van der Waals surface area contributed by atoms with E-state index in [9.17, 15) is 9.18 Å². The van der Waals surface area contributed by atoms with E-state index >= 15 is 0 Å². The number of amides is 1. The first-order valence-corrected chi connectivity index (χ1v) is 13.1. The average Bonchev–Trinajstić information content (AvgIpc) is 3.41. The van der Waals surface area contributed by atoms with E-state index in [0.29, 0.717) is 31.9 Å². The molecule has 0 bridgehead atoms. The average molecular weight is 538 g/mol. The first kappa shape index (κ1) is 25.4. The van der Waals surface area contributed by atoms with Crippen molar-refractivity contribution in [2.24, 2.45) is 0 Å². The van der Waals surface area contributed by atoms with Gasteiger partial charge >= 0.3 is 0 Å². The highest BCUT2D eigenvalue weighted by Crippen LogP contribution is 2.37. The Morgan fingerprint density at radius 1 is 0.875 bits per heavy atom. The summed E-state index contributed by atoms with van der Waals surface area (Å²) in [6, 6.07) is 23.6. The second-order valence-electron chi connectivity index (χ2n) is 9.48. The number of carbonyl (C=O) groups is 1. The summed E-state index contributed by atoms with van der Waals surface area (Å²) >= 11 is 0. The zero-order valence-corrected chi connectivity index (χ0v) is 22.0. The number of aromatic nitrogens is 3. The lowest BCUT2D eigenvalue weighted by Gasteiger charge is -2.35. The molecular formula is C31H28FN5O3. The molecule has 5 aromatic rings. The molecule has 3 heterocycles. The molecule has 0 spiro atoms. The van der Waals surface area contributed by atoms with Crippen molar-refractivity contribution in [1.82, 2.24) is 19.4 Å². The maximum absolute atomic E-state index is 13.7. The van der Waals surface area contributed by atoms with Gasteiger partial charge in [-0.15, -0.1) is 0 Å². The number of ether oxygens (including phenoxy) is 2. The zero-order chi connectivity index (χ0) is 27.5. The summed E-state index contributed by atoms with van der Waals surface area (Å²) in [5.74, 6) is 1.81. The van der Waals surface area contributed by atoms with Crippen LogP contribution in [0.5, 0.6) is 11.5 Å². The minimum atomic E-state index is -0.291. The molecule has 8 nitrogen and oxygen atoms in total. The summed E-state index contributed by atoms with van der Waals surface area (Å²) in [5.41, 5.74) is 3.57. The number of hydrogen-bond acceptors (Lipinski definition) is 6. The van der Waals surface area contributed by atoms with Gasteiger partial charge in [-0.1, -0.05) is 30.3 Å². The van der Waals surface area contributed by atoms with Gasteiger partial charge in [0.2, 0.25) is 0 Å². The Hall–Kier alpha value is -4.92. The molecule has 0 radical (unpaired) electrons. The van der Waals surface area contributed by atoms with Crippen molar-refractivity contribution in [2.45, 2.75) is 0 Å². The van der Waals surface area contributed by atoms with Gasteiger partial charge in [0.25, 0.3) is 5.91 Å². The van der Waals surface area contributed by atoms with E-state index < -0.39 is 0 Å². The molecule has 6 rings (SSSR count). The maximum Gasteiger partial charge on any atom is 0.260 e. The standard InChI is InChI=1S/C31H28FN5O3/c1-39-25-11-13-26(14-12-25)40-20-28(38)35-15-17-36(18-16-35)30-29-27(22-5-3-2-4-6-22)19-37(31(29)34-21-33-30)24-9-7-23(32)8-10-24/h2-14,19,21H,15-18,20H2,1H3. The second kappa shape index (κ2) is 11.1. The van der Waals surface area contributed by atoms with Gasteiger partial charge in [-0.25, -0.2) is 14.4 Å². The van der Waals surface area contributed by atoms with Crippen molar-refractivity contribution >= 4 is 22.8 Å². The van der Waals surface area contributed by atoms with Crippen molar-refractivity contribution in [2.75, 3.05) is 44.8 Å². The van der Waals surface area contributed by atoms with Gasteiger partial charge in [0.1, 0.15) is 29.5 Å². The fourth-order valence-corrected chi connectivity index (χ4v) is 5.00. The summed E-state index contributed by atoms with van der Waals surface area (Å²) in [7, 11) is 1.61. The van der Waals surface area contributed by atoms with E-state index in [4.69, 9.17) is 14.5 Å². The van der Waals surface area contributed by atoms with Gasteiger partial charge in [-0.3, -0.25) is 4.79 Å². The van der Waals surface area contributed by atoms with Crippen LogP contribution in [0.3, 0.4) is 0 Å². The lowest BCUT2D eigenvalue weighted by atomic mass is 10.1. The minimum Gasteiger partial charge on any atom is -0.497 e. The number of anilines is 1. The van der Waals surface area contributed by atoms with E-state index in [2.05, 4.69) is 22.0 Å². The number of nitrogens with zero attached hydrogens (tertiary/aromatic N) is 5. The van der Waals surface area contributed by atoms with Crippen LogP contribution in [0.1, 0.15) is 0 Å². The topological polar surface area (TPSA) is 72.7 Å². The van der Waals surface area contributed by atoms with Crippen molar-refractivity contribution in [3.8, 4) is 28.3 Å². The number of halogens is 1. The van der Waals surface area contributed by atoms with Crippen LogP contribution in [0.15, 0.2) is 91.4 Å². The van der Waals surface area contributed by atoms with Crippen molar-refractivity contribution in [3.05, 3.63) is 97.2 Å². The van der Waals surface area contributed by atoms with Crippen LogP contribution in [0.4, 0.5) is 10.2 Å². The normalized spacial score (nSPS) is 13.4. The third-order valence-corrected chi connectivity index (χ3v) is 7.11. The number of piperazine rings is 1. The molecule has 0 N–H and O–H groups in total. The summed E-state index contributed by atoms with van der Waals surface area (Å²) in [5, 5.41) is 0.917. The van der Waals surface area contributed by atoms with Crippen LogP contribution in [0.2, 0.25) is 0 Å². The van der Waals surface area contributed by atoms with Gasteiger partial charge in [-0.05, 0) is 54.1 Å². The number of rotatable bonds is 7. The van der Waals surface area contributed by atoms with Gasteiger partial charge in [-0.2, -0.15) is 0 Å². The largest absolute Gasteiger partial charge is 0.497 e. The second-order valence-corrected chi connectivity index (χ2v) is 9.48. The van der Waals surface area contributed by atoms with Crippen molar-refractivity contribution in [1.29, 1.82) is 0 Å². The molecule has 40 heavy (non-hydrogen) atoms. The lowest BCUT2D eigenvalue weighted by Crippen LogP contribution is -2.50. The Bertz CT molecular complexity index is 1610. The van der Waals surface area contributed by atoms with Crippen LogP contribution in [0, 0.1) is 5.82 Å². The Morgan fingerprint density at radius 3 is 2.27 bits per heavy atom. The Labute approximate surface area is 231 Å². The Kier molecular flexibility index (Phi) is 7.01. The van der Waals surface area contributed by atoms with E-state index in [0.717, 1.165) is 39.4 Å². The number of benzene rings is 3. The lowest BCUT2D eigenvalue weighted by molar-refractivity contribution is -0.133. The maximum atomic E-state index is 13.7. The summed E-state index contributed by atoms with van der Waals surface area (Å²) in [6.07, 6.45) is 3.59. The Balaban J connectivity index is 1.24. The van der Waals surface area contributed by atoms with Gasteiger partial charge in [0.05, 0.1) is 12.5 Å².